The van der Waals surface area contributed by atoms with Gasteiger partial charge in [0, 0.05) is 28.5 Å². The van der Waals surface area contributed by atoms with Crippen molar-refractivity contribution in [3.63, 3.8) is 0 Å². The summed E-state index contributed by atoms with van der Waals surface area (Å²) in [6, 6.07) is 10.8. The molecule has 2 aromatic rings. The van der Waals surface area contributed by atoms with E-state index in [1.165, 1.54) is 11.1 Å². The van der Waals surface area contributed by atoms with Crippen LogP contribution in [0.15, 0.2) is 47.2 Å². The maximum Gasteiger partial charge on any atom is 0.125 e. The van der Waals surface area contributed by atoms with Gasteiger partial charge in [-0.05, 0) is 49.6 Å². The summed E-state index contributed by atoms with van der Waals surface area (Å²) in [6.45, 7) is 1.75. The maximum absolute atomic E-state index is 5.84. The van der Waals surface area contributed by atoms with E-state index in [4.69, 9.17) is 4.74 Å². The molecule has 0 radical (unpaired) electrons. The summed E-state index contributed by atoms with van der Waals surface area (Å²) in [5, 5.41) is 3.66. The molecule has 1 unspecified atom stereocenters. The van der Waals surface area contributed by atoms with Crippen molar-refractivity contribution >= 4 is 15.9 Å². The number of fused-ring (bicyclic) bond motifs is 1. The van der Waals surface area contributed by atoms with Crippen LogP contribution in [0.1, 0.15) is 30.0 Å². The summed E-state index contributed by atoms with van der Waals surface area (Å²) < 4.78 is 6.91. The number of halogens is 1. The fraction of sp³-hybridized carbons (Fsp3) is 0.353. The van der Waals surface area contributed by atoms with Crippen LogP contribution in [-0.4, -0.2) is 18.1 Å². The van der Waals surface area contributed by atoms with Gasteiger partial charge < -0.3 is 10.1 Å². The third kappa shape index (κ3) is 3.83. The van der Waals surface area contributed by atoms with Crippen LogP contribution >= 0.6 is 15.9 Å². The zero-order valence-electron chi connectivity index (χ0n) is 11.9. The molecule has 0 fully saturated rings. The second kappa shape index (κ2) is 7.05. The van der Waals surface area contributed by atoms with Gasteiger partial charge in [0.25, 0.3) is 0 Å². The molecule has 1 aromatic carbocycles. The summed E-state index contributed by atoms with van der Waals surface area (Å²) in [5.41, 5.74) is 2.53. The van der Waals surface area contributed by atoms with Crippen molar-refractivity contribution in [1.82, 2.24) is 10.3 Å². The van der Waals surface area contributed by atoms with Gasteiger partial charge in [0.1, 0.15) is 5.75 Å². The molecule has 0 saturated heterocycles. The maximum atomic E-state index is 5.84. The highest BCUT2D eigenvalue weighted by Gasteiger charge is 2.19. The van der Waals surface area contributed by atoms with Crippen molar-refractivity contribution in [3.05, 3.63) is 58.3 Å². The molecule has 0 amide bonds. The van der Waals surface area contributed by atoms with Crippen molar-refractivity contribution in [3.8, 4) is 5.75 Å². The van der Waals surface area contributed by atoms with Crippen LogP contribution in [-0.2, 0) is 6.42 Å². The quantitative estimate of drug-likeness (QED) is 0.911. The van der Waals surface area contributed by atoms with Crippen LogP contribution in [0.25, 0.3) is 0 Å². The van der Waals surface area contributed by atoms with Crippen LogP contribution in [0.3, 0.4) is 0 Å². The SMILES string of the molecule is Brc1ccc2c(c1)OCCCC2NCCc1cccnc1. The number of rotatable bonds is 4. The average Bonchev–Trinajstić information content (AvgIpc) is 2.70. The fourth-order valence-corrected chi connectivity index (χ4v) is 3.04. The monoisotopic (exact) mass is 346 g/mol. The number of pyridine rings is 1. The molecular weight excluding hydrogens is 328 g/mol. The van der Waals surface area contributed by atoms with Crippen molar-refractivity contribution in [2.75, 3.05) is 13.2 Å². The van der Waals surface area contributed by atoms with Crippen LogP contribution in [0.2, 0.25) is 0 Å². The predicted molar refractivity (Wildman–Crippen MR) is 87.6 cm³/mol. The third-order valence-electron chi connectivity index (χ3n) is 3.77. The van der Waals surface area contributed by atoms with Crippen LogP contribution < -0.4 is 10.1 Å². The molecule has 1 N–H and O–H groups in total. The normalized spacial score (nSPS) is 17.7. The van der Waals surface area contributed by atoms with Crippen molar-refractivity contribution < 1.29 is 4.74 Å². The zero-order valence-corrected chi connectivity index (χ0v) is 13.5. The smallest absolute Gasteiger partial charge is 0.125 e. The van der Waals surface area contributed by atoms with E-state index in [1.54, 1.807) is 0 Å². The first-order valence-electron chi connectivity index (χ1n) is 7.37. The molecule has 1 aliphatic rings. The molecule has 2 heterocycles. The lowest BCUT2D eigenvalue weighted by Gasteiger charge is -2.18. The lowest BCUT2D eigenvalue weighted by molar-refractivity contribution is 0.315. The molecule has 3 nitrogen and oxygen atoms in total. The Bertz CT molecular complexity index is 589. The fourth-order valence-electron chi connectivity index (χ4n) is 2.69. The van der Waals surface area contributed by atoms with Crippen molar-refractivity contribution in [2.45, 2.75) is 25.3 Å². The molecule has 1 aliphatic heterocycles. The van der Waals surface area contributed by atoms with Gasteiger partial charge in [0.05, 0.1) is 6.61 Å². The number of nitrogens with one attached hydrogen (secondary N) is 1. The Labute approximate surface area is 133 Å². The predicted octanol–water partition coefficient (Wildman–Crippen LogP) is 3.89. The van der Waals surface area contributed by atoms with Gasteiger partial charge >= 0.3 is 0 Å². The molecule has 110 valence electrons. The molecule has 3 rings (SSSR count). The highest BCUT2D eigenvalue weighted by Crippen LogP contribution is 2.33. The number of nitrogens with zero attached hydrogens (tertiary/aromatic N) is 1. The second-order valence-corrected chi connectivity index (χ2v) is 6.21. The lowest BCUT2D eigenvalue weighted by atomic mass is 10.0. The largest absolute Gasteiger partial charge is 0.493 e. The number of ether oxygens (including phenoxy) is 1. The third-order valence-corrected chi connectivity index (χ3v) is 4.27. The molecule has 0 saturated carbocycles. The molecule has 21 heavy (non-hydrogen) atoms. The first kappa shape index (κ1) is 14.5. The van der Waals surface area contributed by atoms with E-state index in [0.29, 0.717) is 6.04 Å². The van der Waals surface area contributed by atoms with Gasteiger partial charge in [0.2, 0.25) is 0 Å². The molecular formula is C17H19BrN2O. The van der Waals surface area contributed by atoms with Gasteiger partial charge in [0.15, 0.2) is 0 Å². The first-order chi connectivity index (χ1) is 10.3. The van der Waals surface area contributed by atoms with Crippen molar-refractivity contribution in [1.29, 1.82) is 0 Å². The van der Waals surface area contributed by atoms with E-state index >= 15 is 0 Å². The number of benzene rings is 1. The minimum absolute atomic E-state index is 0.368. The van der Waals surface area contributed by atoms with Gasteiger partial charge in [-0.2, -0.15) is 0 Å². The number of hydrogen-bond acceptors (Lipinski definition) is 3. The number of hydrogen-bond donors (Lipinski definition) is 1. The highest BCUT2D eigenvalue weighted by molar-refractivity contribution is 9.10. The average molecular weight is 347 g/mol. The second-order valence-electron chi connectivity index (χ2n) is 5.29. The van der Waals surface area contributed by atoms with E-state index in [1.807, 2.05) is 18.5 Å². The van der Waals surface area contributed by atoms with Gasteiger partial charge in [-0.1, -0.05) is 28.1 Å². The minimum atomic E-state index is 0.368. The Hall–Kier alpha value is -1.39. The first-order valence-corrected chi connectivity index (χ1v) is 8.17. The Kier molecular flexibility index (Phi) is 4.88. The molecule has 0 bridgehead atoms. The molecule has 1 atom stereocenters. The van der Waals surface area contributed by atoms with E-state index in [0.717, 1.165) is 42.6 Å². The van der Waals surface area contributed by atoms with Crippen molar-refractivity contribution in [2.24, 2.45) is 0 Å². The van der Waals surface area contributed by atoms with Gasteiger partial charge in [-0.15, -0.1) is 0 Å². The van der Waals surface area contributed by atoms with E-state index in [9.17, 15) is 0 Å². The Morgan fingerprint density at radius 1 is 1.33 bits per heavy atom. The zero-order chi connectivity index (χ0) is 14.5. The van der Waals surface area contributed by atoms with Gasteiger partial charge in [-0.3, -0.25) is 4.98 Å². The van der Waals surface area contributed by atoms with Crippen LogP contribution in [0, 0.1) is 0 Å². The molecule has 4 heteroatoms. The molecule has 0 spiro atoms. The number of aromatic nitrogens is 1. The van der Waals surface area contributed by atoms with Crippen LogP contribution in [0.4, 0.5) is 0 Å². The van der Waals surface area contributed by atoms with E-state index in [2.05, 4.69) is 50.5 Å². The highest BCUT2D eigenvalue weighted by atomic mass is 79.9. The van der Waals surface area contributed by atoms with Crippen LogP contribution in [0.5, 0.6) is 5.75 Å². The summed E-state index contributed by atoms with van der Waals surface area (Å²) in [6.07, 6.45) is 6.94. The standard InChI is InChI=1S/C17H19BrN2O/c18-14-5-6-15-16(4-2-10-21-17(15)11-14)20-9-7-13-3-1-8-19-12-13/h1,3,5-6,8,11-12,16,20H,2,4,7,9-10H2. The summed E-state index contributed by atoms with van der Waals surface area (Å²) in [7, 11) is 0. The Morgan fingerprint density at radius 3 is 3.14 bits per heavy atom. The summed E-state index contributed by atoms with van der Waals surface area (Å²) >= 11 is 3.51. The minimum Gasteiger partial charge on any atom is -0.493 e. The lowest BCUT2D eigenvalue weighted by Crippen LogP contribution is -2.23. The van der Waals surface area contributed by atoms with E-state index in [-0.39, 0.29) is 0 Å². The van der Waals surface area contributed by atoms with E-state index < -0.39 is 0 Å². The summed E-state index contributed by atoms with van der Waals surface area (Å²) in [4.78, 5) is 4.16. The Morgan fingerprint density at radius 2 is 2.29 bits per heavy atom. The summed E-state index contributed by atoms with van der Waals surface area (Å²) in [5.74, 6) is 1.00. The Balaban J connectivity index is 1.65. The van der Waals surface area contributed by atoms with Gasteiger partial charge in [-0.25, -0.2) is 0 Å². The topological polar surface area (TPSA) is 34.1 Å². The molecule has 0 aliphatic carbocycles. The molecule has 1 aromatic heterocycles.